The SMILES string of the molecule is CCCCC(=O)C1=C(N2CCOCC2)CC(c2ccccc2)CC1=O. The fraction of sp³-hybridized carbons (Fsp3) is 0.524. The third-order valence-corrected chi connectivity index (χ3v) is 5.14. The molecule has 1 aliphatic heterocycles. The summed E-state index contributed by atoms with van der Waals surface area (Å²) in [6.45, 7) is 4.90. The molecule has 0 radical (unpaired) electrons. The molecule has 3 rings (SSSR count). The lowest BCUT2D eigenvalue weighted by molar-refractivity contribution is -0.122. The highest BCUT2D eigenvalue weighted by atomic mass is 16.5. The number of carbonyl (C=O) groups excluding carboxylic acids is 2. The zero-order chi connectivity index (χ0) is 17.6. The summed E-state index contributed by atoms with van der Waals surface area (Å²) in [5.74, 6) is 0.205. The lowest BCUT2D eigenvalue weighted by atomic mass is 9.79. The Balaban J connectivity index is 1.91. The first kappa shape index (κ1) is 17.9. The smallest absolute Gasteiger partial charge is 0.168 e. The van der Waals surface area contributed by atoms with Crippen LogP contribution >= 0.6 is 0 Å². The highest BCUT2D eigenvalue weighted by Crippen LogP contribution is 2.37. The van der Waals surface area contributed by atoms with Gasteiger partial charge in [0.2, 0.25) is 0 Å². The van der Waals surface area contributed by atoms with Crippen molar-refractivity contribution in [3.8, 4) is 0 Å². The predicted molar refractivity (Wildman–Crippen MR) is 97.4 cm³/mol. The summed E-state index contributed by atoms with van der Waals surface area (Å²) in [6.07, 6.45) is 3.48. The second-order valence-electron chi connectivity index (χ2n) is 6.89. The van der Waals surface area contributed by atoms with E-state index in [4.69, 9.17) is 4.74 Å². The van der Waals surface area contributed by atoms with E-state index in [0.29, 0.717) is 31.6 Å². The van der Waals surface area contributed by atoms with E-state index in [2.05, 4.69) is 24.0 Å². The Bertz CT molecular complexity index is 644. The van der Waals surface area contributed by atoms with Crippen molar-refractivity contribution in [3.63, 3.8) is 0 Å². The van der Waals surface area contributed by atoms with Crippen LogP contribution in [0.25, 0.3) is 0 Å². The molecule has 1 heterocycles. The first-order valence-electron chi connectivity index (χ1n) is 9.38. The van der Waals surface area contributed by atoms with E-state index in [9.17, 15) is 9.59 Å². The Hall–Kier alpha value is -1.94. The van der Waals surface area contributed by atoms with Crippen LogP contribution in [-0.2, 0) is 14.3 Å². The number of unbranched alkanes of at least 4 members (excludes halogenated alkanes) is 1. The number of hydrogen-bond acceptors (Lipinski definition) is 4. The molecule has 1 fully saturated rings. The largest absolute Gasteiger partial charge is 0.378 e. The maximum atomic E-state index is 12.9. The average molecular weight is 341 g/mol. The van der Waals surface area contributed by atoms with E-state index < -0.39 is 0 Å². The molecule has 134 valence electrons. The summed E-state index contributed by atoms with van der Waals surface area (Å²) in [5, 5.41) is 0. The molecule has 4 heteroatoms. The summed E-state index contributed by atoms with van der Waals surface area (Å²) >= 11 is 0. The standard InChI is InChI=1S/C21H27NO3/c1-2-3-9-19(23)21-18(22-10-12-25-13-11-22)14-17(15-20(21)24)16-7-5-4-6-8-16/h4-8,17H,2-3,9-15H2,1H3. The van der Waals surface area contributed by atoms with Crippen LogP contribution in [0.3, 0.4) is 0 Å². The van der Waals surface area contributed by atoms with Gasteiger partial charge in [0, 0.05) is 31.6 Å². The topological polar surface area (TPSA) is 46.6 Å². The molecule has 1 unspecified atom stereocenters. The fourth-order valence-corrected chi connectivity index (χ4v) is 3.75. The lowest BCUT2D eigenvalue weighted by Crippen LogP contribution is -2.40. The molecule has 0 N–H and O–H groups in total. The monoisotopic (exact) mass is 341 g/mol. The second-order valence-corrected chi connectivity index (χ2v) is 6.89. The van der Waals surface area contributed by atoms with Gasteiger partial charge in [-0.05, 0) is 24.3 Å². The van der Waals surface area contributed by atoms with Gasteiger partial charge in [0.05, 0.1) is 18.8 Å². The minimum Gasteiger partial charge on any atom is -0.378 e. The lowest BCUT2D eigenvalue weighted by Gasteiger charge is -2.36. The van der Waals surface area contributed by atoms with Gasteiger partial charge in [-0.1, -0.05) is 43.7 Å². The van der Waals surface area contributed by atoms with Gasteiger partial charge in [-0.25, -0.2) is 0 Å². The number of Topliss-reactive ketones (excluding diaryl/α,β-unsaturated/α-hetero) is 2. The van der Waals surface area contributed by atoms with Crippen molar-refractivity contribution >= 4 is 11.6 Å². The summed E-state index contributed by atoms with van der Waals surface area (Å²) in [4.78, 5) is 27.8. The van der Waals surface area contributed by atoms with E-state index in [1.807, 2.05) is 18.2 Å². The Kier molecular flexibility index (Phi) is 6.03. The van der Waals surface area contributed by atoms with Gasteiger partial charge < -0.3 is 9.64 Å². The minimum absolute atomic E-state index is 0.0164. The number of nitrogens with zero attached hydrogens (tertiary/aromatic N) is 1. The van der Waals surface area contributed by atoms with Gasteiger partial charge in [-0.15, -0.1) is 0 Å². The van der Waals surface area contributed by atoms with E-state index >= 15 is 0 Å². The zero-order valence-corrected chi connectivity index (χ0v) is 15.0. The van der Waals surface area contributed by atoms with E-state index in [1.165, 1.54) is 5.56 Å². The van der Waals surface area contributed by atoms with Crippen molar-refractivity contribution in [3.05, 3.63) is 47.2 Å². The van der Waals surface area contributed by atoms with Crippen LogP contribution in [0.15, 0.2) is 41.6 Å². The zero-order valence-electron chi connectivity index (χ0n) is 15.0. The molecule has 0 saturated carbocycles. The van der Waals surface area contributed by atoms with Crippen molar-refractivity contribution in [1.29, 1.82) is 0 Å². The molecule has 1 saturated heterocycles. The maximum Gasteiger partial charge on any atom is 0.168 e. The average Bonchev–Trinajstić information content (AvgIpc) is 2.67. The number of carbonyl (C=O) groups is 2. The van der Waals surface area contributed by atoms with Gasteiger partial charge in [-0.3, -0.25) is 9.59 Å². The number of allylic oxidation sites excluding steroid dienone is 2. The molecular formula is C21H27NO3. The summed E-state index contributed by atoms with van der Waals surface area (Å²) in [7, 11) is 0. The Morgan fingerprint density at radius 1 is 1.16 bits per heavy atom. The van der Waals surface area contributed by atoms with E-state index in [1.54, 1.807) is 0 Å². The van der Waals surface area contributed by atoms with E-state index in [0.717, 1.165) is 38.0 Å². The quantitative estimate of drug-likeness (QED) is 0.743. The van der Waals surface area contributed by atoms with Crippen LogP contribution < -0.4 is 0 Å². The van der Waals surface area contributed by atoms with Crippen molar-refractivity contribution < 1.29 is 14.3 Å². The van der Waals surface area contributed by atoms with Crippen LogP contribution in [0.4, 0.5) is 0 Å². The molecule has 0 aromatic heterocycles. The number of rotatable bonds is 6. The third kappa shape index (κ3) is 4.18. The van der Waals surface area contributed by atoms with Crippen LogP contribution in [0.1, 0.15) is 50.5 Å². The van der Waals surface area contributed by atoms with Gasteiger partial charge in [-0.2, -0.15) is 0 Å². The molecule has 2 aliphatic rings. The number of hydrogen-bond donors (Lipinski definition) is 0. The maximum absolute atomic E-state index is 12.9. The predicted octanol–water partition coefficient (Wildman–Crippen LogP) is 3.48. The van der Waals surface area contributed by atoms with Crippen molar-refractivity contribution in [1.82, 2.24) is 4.90 Å². The molecule has 0 bridgehead atoms. The molecule has 0 spiro atoms. The van der Waals surface area contributed by atoms with Crippen LogP contribution in [-0.4, -0.2) is 42.8 Å². The molecule has 1 aromatic carbocycles. The van der Waals surface area contributed by atoms with Crippen molar-refractivity contribution in [2.24, 2.45) is 0 Å². The molecule has 1 aliphatic carbocycles. The fourth-order valence-electron chi connectivity index (χ4n) is 3.75. The first-order chi connectivity index (χ1) is 12.2. The molecule has 25 heavy (non-hydrogen) atoms. The van der Waals surface area contributed by atoms with Crippen molar-refractivity contribution in [2.45, 2.75) is 44.9 Å². The summed E-state index contributed by atoms with van der Waals surface area (Å²) < 4.78 is 5.46. The minimum atomic E-state index is 0.0164. The van der Waals surface area contributed by atoms with Gasteiger partial charge in [0.25, 0.3) is 0 Å². The number of ketones is 2. The number of morpholine rings is 1. The van der Waals surface area contributed by atoms with Crippen LogP contribution in [0, 0.1) is 0 Å². The molecule has 4 nitrogen and oxygen atoms in total. The van der Waals surface area contributed by atoms with Gasteiger partial charge in [0.1, 0.15) is 0 Å². The van der Waals surface area contributed by atoms with Gasteiger partial charge in [0.15, 0.2) is 11.6 Å². The Morgan fingerprint density at radius 2 is 1.88 bits per heavy atom. The van der Waals surface area contributed by atoms with Crippen LogP contribution in [0.5, 0.6) is 0 Å². The van der Waals surface area contributed by atoms with Gasteiger partial charge >= 0.3 is 0 Å². The molecule has 1 atom stereocenters. The van der Waals surface area contributed by atoms with Crippen LogP contribution in [0.2, 0.25) is 0 Å². The molecule has 0 amide bonds. The first-order valence-corrected chi connectivity index (χ1v) is 9.38. The van der Waals surface area contributed by atoms with Crippen molar-refractivity contribution in [2.75, 3.05) is 26.3 Å². The number of ether oxygens (including phenoxy) is 1. The highest BCUT2D eigenvalue weighted by Gasteiger charge is 2.34. The Labute approximate surface area is 149 Å². The third-order valence-electron chi connectivity index (χ3n) is 5.14. The number of benzene rings is 1. The summed E-state index contributed by atoms with van der Waals surface area (Å²) in [5.41, 5.74) is 2.61. The highest BCUT2D eigenvalue weighted by molar-refractivity contribution is 6.21. The normalized spacial score (nSPS) is 21.6. The van der Waals surface area contributed by atoms with E-state index in [-0.39, 0.29) is 17.5 Å². The second kappa shape index (κ2) is 8.43. The summed E-state index contributed by atoms with van der Waals surface area (Å²) in [6, 6.07) is 10.2. The molecular weight excluding hydrogens is 314 g/mol. The Morgan fingerprint density at radius 3 is 2.56 bits per heavy atom. The molecule has 1 aromatic rings.